The van der Waals surface area contributed by atoms with Crippen LogP contribution in [0.3, 0.4) is 0 Å². The summed E-state index contributed by atoms with van der Waals surface area (Å²) in [5, 5.41) is 5.90. The predicted octanol–water partition coefficient (Wildman–Crippen LogP) is 4.55. The first-order valence-electron chi connectivity index (χ1n) is 12.4. The number of ether oxygens (including phenoxy) is 2. The van der Waals surface area contributed by atoms with Gasteiger partial charge in [0.05, 0.1) is 34.3 Å². The number of amides is 3. The van der Waals surface area contributed by atoms with E-state index in [1.54, 1.807) is 66.9 Å². The van der Waals surface area contributed by atoms with Gasteiger partial charge >= 0.3 is 12.1 Å². The van der Waals surface area contributed by atoms with Gasteiger partial charge in [-0.05, 0) is 42.0 Å². The number of carbonyl (C=O) groups is 4. The summed E-state index contributed by atoms with van der Waals surface area (Å²) in [6.07, 6.45) is 1.07. The van der Waals surface area contributed by atoms with E-state index >= 15 is 0 Å². The highest BCUT2D eigenvalue weighted by molar-refractivity contribution is 7.99. The van der Waals surface area contributed by atoms with Crippen LogP contribution < -0.4 is 10.6 Å². The first-order valence-corrected chi connectivity index (χ1v) is 14.3. The van der Waals surface area contributed by atoms with Crippen LogP contribution in [0.25, 0.3) is 0 Å². The van der Waals surface area contributed by atoms with Crippen molar-refractivity contribution in [2.45, 2.75) is 25.1 Å². The molecule has 0 saturated carbocycles. The molecule has 3 amide bonds. The van der Waals surface area contributed by atoms with E-state index in [4.69, 9.17) is 32.7 Å². The fourth-order valence-corrected chi connectivity index (χ4v) is 5.72. The molecule has 2 heterocycles. The van der Waals surface area contributed by atoms with Crippen LogP contribution in [-0.2, 0) is 32.1 Å². The van der Waals surface area contributed by atoms with Crippen molar-refractivity contribution < 1.29 is 28.7 Å². The molecular weight excluding hydrogens is 591 g/mol. The summed E-state index contributed by atoms with van der Waals surface area (Å²) in [5.74, 6) is -0.984. The Balaban J connectivity index is 1.37. The SMILES string of the molecule is COC(=O)C(Cc1ccc(NC(=O)c2c(Cl)cccc2Cl)cc1)NC(=O)C1CSCN1C(=O)OCc1ccccn1. The van der Waals surface area contributed by atoms with Crippen LogP contribution in [0.5, 0.6) is 0 Å². The molecule has 214 valence electrons. The van der Waals surface area contributed by atoms with Crippen LogP contribution in [0.1, 0.15) is 21.6 Å². The molecule has 3 aromatic rings. The van der Waals surface area contributed by atoms with E-state index in [0.717, 1.165) is 0 Å². The fourth-order valence-electron chi connectivity index (χ4n) is 4.01. The van der Waals surface area contributed by atoms with E-state index < -0.39 is 36.0 Å². The third kappa shape index (κ3) is 7.90. The quantitative estimate of drug-likeness (QED) is 0.335. The molecule has 0 spiro atoms. The van der Waals surface area contributed by atoms with Crippen LogP contribution in [0.2, 0.25) is 10.0 Å². The van der Waals surface area contributed by atoms with Crippen molar-refractivity contribution in [3.05, 3.63) is 93.7 Å². The molecule has 1 saturated heterocycles. The number of esters is 1. The van der Waals surface area contributed by atoms with Crippen LogP contribution in [-0.4, -0.2) is 64.6 Å². The molecular formula is C28H26Cl2N4O6S. The molecule has 1 fully saturated rings. The molecule has 13 heteroatoms. The zero-order chi connectivity index (χ0) is 29.4. The number of thioether (sulfide) groups is 1. The van der Waals surface area contributed by atoms with E-state index in [9.17, 15) is 19.2 Å². The first-order chi connectivity index (χ1) is 19.8. The molecule has 0 bridgehead atoms. The van der Waals surface area contributed by atoms with Gasteiger partial charge in [0.2, 0.25) is 5.91 Å². The van der Waals surface area contributed by atoms with Crippen molar-refractivity contribution in [1.82, 2.24) is 15.2 Å². The number of halogens is 2. The number of rotatable bonds is 9. The van der Waals surface area contributed by atoms with Crippen molar-refractivity contribution in [2.24, 2.45) is 0 Å². The largest absolute Gasteiger partial charge is 0.467 e. The van der Waals surface area contributed by atoms with E-state index in [2.05, 4.69) is 15.6 Å². The van der Waals surface area contributed by atoms with E-state index in [-0.39, 0.29) is 34.5 Å². The molecule has 1 aliphatic heterocycles. The number of hydrogen-bond donors (Lipinski definition) is 2. The second-order valence-electron chi connectivity index (χ2n) is 8.90. The Morgan fingerprint density at radius 1 is 1.05 bits per heavy atom. The number of pyridine rings is 1. The molecule has 2 atom stereocenters. The minimum atomic E-state index is -1.01. The minimum Gasteiger partial charge on any atom is -0.467 e. The standard InChI is InChI=1S/C28H26Cl2N4O6S/c1-39-27(37)22(13-17-8-10-18(11-9-17)32-26(36)24-20(29)6-4-7-21(24)30)33-25(35)23-15-41-16-34(23)28(38)40-14-19-5-2-3-12-31-19/h2-12,22-23H,13-16H2,1H3,(H,32,36)(H,33,35). The van der Waals surface area contributed by atoms with Crippen molar-refractivity contribution >= 4 is 64.5 Å². The molecule has 2 aromatic carbocycles. The second-order valence-corrected chi connectivity index (χ2v) is 10.7. The molecule has 1 aromatic heterocycles. The van der Waals surface area contributed by atoms with Crippen LogP contribution >= 0.6 is 35.0 Å². The van der Waals surface area contributed by atoms with E-state index in [0.29, 0.717) is 22.7 Å². The topological polar surface area (TPSA) is 127 Å². The molecule has 41 heavy (non-hydrogen) atoms. The first kappa shape index (κ1) is 30.2. The Kier molecular flexibility index (Phi) is 10.4. The van der Waals surface area contributed by atoms with Gasteiger partial charge in [0.1, 0.15) is 18.7 Å². The van der Waals surface area contributed by atoms with Gasteiger partial charge < -0.3 is 20.1 Å². The molecule has 0 aliphatic carbocycles. The molecule has 2 N–H and O–H groups in total. The summed E-state index contributed by atoms with van der Waals surface area (Å²) < 4.78 is 10.2. The fraction of sp³-hybridized carbons (Fsp3) is 0.250. The van der Waals surface area contributed by atoms with Crippen LogP contribution in [0, 0.1) is 0 Å². The summed E-state index contributed by atoms with van der Waals surface area (Å²) in [6, 6.07) is 14.9. The highest BCUT2D eigenvalue weighted by Crippen LogP contribution is 2.26. The molecule has 0 radical (unpaired) electrons. The lowest BCUT2D eigenvalue weighted by molar-refractivity contribution is -0.145. The predicted molar refractivity (Wildman–Crippen MR) is 156 cm³/mol. The van der Waals surface area contributed by atoms with E-state index in [1.807, 2.05) is 0 Å². The summed E-state index contributed by atoms with van der Waals surface area (Å²) in [5.41, 5.74) is 1.92. The number of nitrogens with one attached hydrogen (secondary N) is 2. The monoisotopic (exact) mass is 616 g/mol. The number of hydrogen-bond acceptors (Lipinski definition) is 8. The lowest BCUT2D eigenvalue weighted by atomic mass is 10.0. The van der Waals surface area contributed by atoms with Gasteiger partial charge in [0, 0.05) is 24.1 Å². The van der Waals surface area contributed by atoms with Crippen LogP contribution in [0.4, 0.5) is 10.5 Å². The lowest BCUT2D eigenvalue weighted by Gasteiger charge is -2.24. The number of methoxy groups -OCH3 is 1. The maximum Gasteiger partial charge on any atom is 0.411 e. The molecule has 1 aliphatic rings. The summed E-state index contributed by atoms with van der Waals surface area (Å²) in [4.78, 5) is 56.5. The van der Waals surface area contributed by atoms with Gasteiger partial charge in [-0.3, -0.25) is 19.5 Å². The summed E-state index contributed by atoms with van der Waals surface area (Å²) >= 11 is 13.6. The normalized spacial score (nSPS) is 15.1. The zero-order valence-corrected chi connectivity index (χ0v) is 24.2. The van der Waals surface area contributed by atoms with Crippen molar-refractivity contribution in [3.8, 4) is 0 Å². The average molecular weight is 618 g/mol. The van der Waals surface area contributed by atoms with Gasteiger partial charge in [0.25, 0.3) is 5.91 Å². The van der Waals surface area contributed by atoms with E-state index in [1.165, 1.54) is 23.8 Å². The number of carbonyl (C=O) groups excluding carboxylic acids is 4. The number of benzene rings is 2. The summed E-state index contributed by atoms with van der Waals surface area (Å²) in [6.45, 7) is -0.0260. The third-order valence-electron chi connectivity index (χ3n) is 6.13. The number of nitrogens with zero attached hydrogens (tertiary/aromatic N) is 2. The lowest BCUT2D eigenvalue weighted by Crippen LogP contribution is -2.52. The maximum atomic E-state index is 13.2. The van der Waals surface area contributed by atoms with Gasteiger partial charge in [-0.15, -0.1) is 11.8 Å². The summed E-state index contributed by atoms with van der Waals surface area (Å²) in [7, 11) is 1.23. The molecule has 10 nitrogen and oxygen atoms in total. The smallest absolute Gasteiger partial charge is 0.411 e. The van der Waals surface area contributed by atoms with Crippen molar-refractivity contribution in [2.75, 3.05) is 24.1 Å². The van der Waals surface area contributed by atoms with Gasteiger partial charge in [-0.2, -0.15) is 0 Å². The highest BCUT2D eigenvalue weighted by Gasteiger charge is 2.37. The van der Waals surface area contributed by atoms with Gasteiger partial charge in [-0.25, -0.2) is 9.59 Å². The third-order valence-corrected chi connectivity index (χ3v) is 7.77. The number of anilines is 1. The van der Waals surface area contributed by atoms with Crippen molar-refractivity contribution in [3.63, 3.8) is 0 Å². The Bertz CT molecular complexity index is 1390. The molecule has 4 rings (SSSR count). The molecule has 2 unspecified atom stereocenters. The zero-order valence-electron chi connectivity index (χ0n) is 21.8. The Labute approximate surface area is 250 Å². The Morgan fingerprint density at radius 3 is 2.44 bits per heavy atom. The van der Waals surface area contributed by atoms with Crippen molar-refractivity contribution in [1.29, 1.82) is 0 Å². The Hall–Kier alpha value is -3.80. The minimum absolute atomic E-state index is 0.0260. The maximum absolute atomic E-state index is 13.2. The Morgan fingerprint density at radius 2 is 1.78 bits per heavy atom. The number of aromatic nitrogens is 1. The van der Waals surface area contributed by atoms with Gasteiger partial charge in [-0.1, -0.05) is 47.5 Å². The highest BCUT2D eigenvalue weighted by atomic mass is 35.5. The van der Waals surface area contributed by atoms with Gasteiger partial charge in [0.15, 0.2) is 0 Å². The van der Waals surface area contributed by atoms with Crippen LogP contribution in [0.15, 0.2) is 66.9 Å². The average Bonchev–Trinajstić information content (AvgIpc) is 3.47. The second kappa shape index (κ2) is 14.2.